The van der Waals surface area contributed by atoms with Gasteiger partial charge in [-0.15, -0.1) is 0 Å². The van der Waals surface area contributed by atoms with E-state index in [2.05, 4.69) is 25.9 Å². The summed E-state index contributed by atoms with van der Waals surface area (Å²) in [4.78, 5) is 46.1. The molecule has 1 aliphatic carbocycles. The number of carbonyl (C=O) groups excluding carboxylic acids is 3. The van der Waals surface area contributed by atoms with Gasteiger partial charge in [0, 0.05) is 55.3 Å². The van der Waals surface area contributed by atoms with E-state index in [1.54, 1.807) is 25.1 Å². The average molecular weight is 583 g/mol. The first kappa shape index (κ1) is 29.3. The number of urea groups is 1. The quantitative estimate of drug-likeness (QED) is 0.276. The first-order valence-electron chi connectivity index (χ1n) is 12.1. The van der Waals surface area contributed by atoms with Crippen LogP contribution >= 0.6 is 34.5 Å². The topological polar surface area (TPSA) is 142 Å². The molecule has 1 aromatic carbocycles. The SMILES string of the molecule is CCNC(=O)Nc1cccc(Cc2nc(N3C[C@@H]4[C@H](C3)[C@@H]4NC(=O)c3[nH]c(C)c(Cl)c3Cl)sc2C(=O)[O-])c1.[Li+]. The Labute approximate surface area is 251 Å². The Morgan fingerprint density at radius 1 is 1.21 bits per heavy atom. The molecule has 3 aromatic rings. The van der Waals surface area contributed by atoms with Gasteiger partial charge in [0.25, 0.3) is 5.91 Å². The van der Waals surface area contributed by atoms with Crippen molar-refractivity contribution in [1.82, 2.24) is 20.6 Å². The molecule has 1 aliphatic heterocycles. The monoisotopic (exact) mass is 582 g/mol. The molecule has 0 bridgehead atoms. The van der Waals surface area contributed by atoms with E-state index in [4.69, 9.17) is 23.2 Å². The molecule has 39 heavy (non-hydrogen) atoms. The number of carboxylic acids is 1. The number of carbonyl (C=O) groups is 3. The summed E-state index contributed by atoms with van der Waals surface area (Å²) in [5, 5.41) is 21.5. The molecule has 1 saturated heterocycles. The smallest absolute Gasteiger partial charge is 0.544 e. The van der Waals surface area contributed by atoms with Crippen LogP contribution in [0.5, 0.6) is 0 Å². The molecule has 5 rings (SSSR count). The Bertz CT molecular complexity index is 1420. The number of halogens is 2. The first-order valence-corrected chi connectivity index (χ1v) is 13.7. The zero-order chi connectivity index (χ0) is 27.1. The number of aromatic amines is 1. The molecule has 3 atom stereocenters. The number of nitrogens with zero attached hydrogens (tertiary/aromatic N) is 2. The number of thiazole rings is 1. The van der Waals surface area contributed by atoms with Crippen LogP contribution in [-0.4, -0.2) is 53.6 Å². The zero-order valence-electron chi connectivity index (χ0n) is 21.6. The molecular weight excluding hydrogens is 558 g/mol. The van der Waals surface area contributed by atoms with Gasteiger partial charge in [-0.1, -0.05) is 46.7 Å². The van der Waals surface area contributed by atoms with Crippen molar-refractivity contribution in [1.29, 1.82) is 0 Å². The van der Waals surface area contributed by atoms with Crippen molar-refractivity contribution in [3.05, 3.63) is 61.8 Å². The van der Waals surface area contributed by atoms with Crippen LogP contribution in [0, 0.1) is 18.8 Å². The second-order valence-electron chi connectivity index (χ2n) is 9.41. The molecular formula is C25H25Cl2LiN6O4S. The van der Waals surface area contributed by atoms with Gasteiger partial charge in [-0.2, -0.15) is 0 Å². The third kappa shape index (κ3) is 6.08. The van der Waals surface area contributed by atoms with Gasteiger partial charge in [-0.05, 0) is 31.5 Å². The molecule has 14 heteroatoms. The van der Waals surface area contributed by atoms with Crippen molar-refractivity contribution in [2.45, 2.75) is 26.3 Å². The van der Waals surface area contributed by atoms with Crippen LogP contribution in [0.15, 0.2) is 24.3 Å². The van der Waals surface area contributed by atoms with Gasteiger partial charge in [-0.3, -0.25) is 4.79 Å². The zero-order valence-corrected chi connectivity index (χ0v) is 23.9. The van der Waals surface area contributed by atoms with Gasteiger partial charge in [0.2, 0.25) is 0 Å². The van der Waals surface area contributed by atoms with E-state index in [0.29, 0.717) is 46.9 Å². The molecule has 1 saturated carbocycles. The number of carboxylic acid groups (broad SMARTS) is 1. The molecule has 0 unspecified atom stereocenters. The van der Waals surface area contributed by atoms with Gasteiger partial charge in [0.1, 0.15) is 5.69 Å². The van der Waals surface area contributed by atoms with Crippen molar-refractivity contribution >= 4 is 63.3 Å². The van der Waals surface area contributed by atoms with E-state index in [9.17, 15) is 19.5 Å². The predicted molar refractivity (Wildman–Crippen MR) is 144 cm³/mol. The van der Waals surface area contributed by atoms with Crippen LogP contribution in [-0.2, 0) is 6.42 Å². The van der Waals surface area contributed by atoms with E-state index < -0.39 is 5.97 Å². The van der Waals surface area contributed by atoms with Crippen molar-refractivity contribution < 1.29 is 38.4 Å². The normalized spacial score (nSPS) is 19.2. The van der Waals surface area contributed by atoms with Crippen LogP contribution in [0.3, 0.4) is 0 Å². The fourth-order valence-corrected chi connectivity index (χ4v) is 6.24. The summed E-state index contributed by atoms with van der Waals surface area (Å²) in [7, 11) is 0. The van der Waals surface area contributed by atoms with E-state index in [0.717, 1.165) is 16.9 Å². The van der Waals surface area contributed by atoms with Crippen LogP contribution in [0.2, 0.25) is 10.0 Å². The maximum Gasteiger partial charge on any atom is 1.00 e. The number of hydrogen-bond acceptors (Lipinski definition) is 7. The number of anilines is 2. The number of H-pyrrole nitrogens is 1. The fraction of sp³-hybridized carbons (Fsp3) is 0.360. The van der Waals surface area contributed by atoms with E-state index in [-0.39, 0.29) is 70.7 Å². The molecule has 3 heterocycles. The van der Waals surface area contributed by atoms with E-state index in [1.165, 1.54) is 0 Å². The molecule has 2 aromatic heterocycles. The number of aromatic nitrogens is 2. The third-order valence-electron chi connectivity index (χ3n) is 6.81. The summed E-state index contributed by atoms with van der Waals surface area (Å²) < 4.78 is 0. The summed E-state index contributed by atoms with van der Waals surface area (Å²) in [6.45, 7) is 5.38. The van der Waals surface area contributed by atoms with Gasteiger partial charge in [0.15, 0.2) is 5.13 Å². The van der Waals surface area contributed by atoms with Gasteiger partial charge in [0.05, 0.1) is 26.6 Å². The Hall–Kier alpha value is -2.68. The minimum absolute atomic E-state index is 0. The van der Waals surface area contributed by atoms with Gasteiger partial charge in [-0.25, -0.2) is 9.78 Å². The van der Waals surface area contributed by atoms with Crippen LogP contribution < -0.4 is 44.8 Å². The number of amides is 3. The first-order chi connectivity index (χ1) is 18.2. The summed E-state index contributed by atoms with van der Waals surface area (Å²) in [6.07, 6.45) is 0.281. The minimum atomic E-state index is -1.27. The molecule has 200 valence electrons. The Balaban J connectivity index is 0.00000353. The molecule has 2 fully saturated rings. The summed E-state index contributed by atoms with van der Waals surface area (Å²) >= 11 is 13.3. The fourth-order valence-electron chi connectivity index (χ4n) is 4.89. The molecule has 2 aliphatic rings. The summed E-state index contributed by atoms with van der Waals surface area (Å²) in [5.74, 6) is -1.10. The van der Waals surface area contributed by atoms with Crippen molar-refractivity contribution in [3.63, 3.8) is 0 Å². The average Bonchev–Trinajstić information content (AvgIpc) is 3.22. The van der Waals surface area contributed by atoms with Crippen molar-refractivity contribution in [2.24, 2.45) is 11.8 Å². The molecule has 3 amide bonds. The third-order valence-corrected chi connectivity index (χ3v) is 8.89. The molecule has 0 radical (unpaired) electrons. The number of piperidine rings is 1. The Kier molecular flexibility index (Phi) is 8.88. The molecule has 10 nitrogen and oxygen atoms in total. The van der Waals surface area contributed by atoms with Crippen molar-refractivity contribution in [2.75, 3.05) is 29.9 Å². The number of fused-ring (bicyclic) bond motifs is 1. The van der Waals surface area contributed by atoms with Gasteiger partial charge >= 0.3 is 24.9 Å². The number of rotatable bonds is 8. The number of hydrogen-bond donors (Lipinski definition) is 4. The maximum atomic E-state index is 12.7. The standard InChI is InChI=1S/C25H26Cl2N6O4S.Li/c1-3-28-24(37)30-13-6-4-5-12(7-13)8-16-21(23(35)36)38-25(31-16)33-9-14-15(10-33)19(14)32-22(34)20-18(27)17(26)11(2)29-20;/h4-7,14-15,19,29H,3,8-10H2,1-2H3,(H,32,34)(H,35,36)(H2,28,30,37);/q;+1/p-1/t14-,15+,19-;. The Morgan fingerprint density at radius 2 is 1.92 bits per heavy atom. The van der Waals surface area contributed by atoms with Crippen molar-refractivity contribution in [3.8, 4) is 0 Å². The molecule has 0 spiro atoms. The van der Waals surface area contributed by atoms with E-state index in [1.807, 2.05) is 17.9 Å². The number of aryl methyl sites for hydroxylation is 1. The Morgan fingerprint density at radius 3 is 2.54 bits per heavy atom. The predicted octanol–water partition coefficient (Wildman–Crippen LogP) is 0.0507. The molecule has 4 N–H and O–H groups in total. The van der Waals surface area contributed by atoms with E-state index >= 15 is 0 Å². The summed E-state index contributed by atoms with van der Waals surface area (Å²) in [6, 6.07) is 6.89. The number of nitrogens with one attached hydrogen (secondary N) is 4. The second kappa shape index (κ2) is 11.8. The maximum absolute atomic E-state index is 12.7. The largest absolute Gasteiger partial charge is 1.00 e. The minimum Gasteiger partial charge on any atom is -0.544 e. The van der Waals surface area contributed by atoms with Gasteiger partial charge < -0.3 is 35.7 Å². The van der Waals surface area contributed by atoms with Crippen LogP contribution in [0.4, 0.5) is 15.6 Å². The van der Waals surface area contributed by atoms with Crippen LogP contribution in [0.25, 0.3) is 0 Å². The second-order valence-corrected chi connectivity index (χ2v) is 11.1. The van der Waals surface area contributed by atoms with Crippen LogP contribution in [0.1, 0.15) is 44.0 Å². The number of benzene rings is 1. The number of aromatic carboxylic acids is 1. The summed E-state index contributed by atoms with van der Waals surface area (Å²) in [5.41, 5.74) is 2.72.